The number of nitrogens with one attached hydrogen (secondary N) is 1. The number of hydrogen-bond acceptors (Lipinski definition) is 5. The minimum Gasteiger partial charge on any atom is -0.377 e. The first-order chi connectivity index (χ1) is 9.29. The Morgan fingerprint density at radius 2 is 2.11 bits per heavy atom. The van der Waals surface area contributed by atoms with E-state index in [1.54, 1.807) is 0 Å². The highest BCUT2D eigenvalue weighted by atomic mass is 16.7. The molecule has 6 nitrogen and oxygen atoms in total. The lowest BCUT2D eigenvalue weighted by atomic mass is 10.2. The van der Waals surface area contributed by atoms with Crippen LogP contribution < -0.4 is 5.48 Å². The van der Waals surface area contributed by atoms with Crippen LogP contribution in [-0.2, 0) is 22.8 Å². The number of hydrogen-bond donors (Lipinski definition) is 1. The van der Waals surface area contributed by atoms with Crippen LogP contribution in [0.5, 0.6) is 0 Å². The first-order valence-electron chi connectivity index (χ1n) is 5.70. The predicted molar refractivity (Wildman–Crippen MR) is 65.9 cm³/mol. The third-order valence-corrected chi connectivity index (χ3v) is 2.32. The molecule has 0 aliphatic heterocycles. The molecule has 0 aliphatic rings. The molecular formula is C13H14N2O4. The maximum Gasteiger partial charge on any atom is 0.297 e. The highest BCUT2D eigenvalue weighted by molar-refractivity contribution is 5.91. The minimum atomic E-state index is -0.456. The van der Waals surface area contributed by atoms with Gasteiger partial charge in [0, 0.05) is 13.2 Å². The van der Waals surface area contributed by atoms with Crippen LogP contribution in [-0.4, -0.2) is 18.2 Å². The minimum absolute atomic E-state index is 0.153. The van der Waals surface area contributed by atoms with Gasteiger partial charge < -0.3 is 9.26 Å². The lowest BCUT2D eigenvalue weighted by molar-refractivity contribution is 0.0226. The Morgan fingerprint density at radius 3 is 2.84 bits per heavy atom. The van der Waals surface area contributed by atoms with Crippen LogP contribution in [0, 0.1) is 0 Å². The fourth-order valence-electron chi connectivity index (χ4n) is 1.44. The molecule has 2 aromatic rings. The van der Waals surface area contributed by atoms with Crippen LogP contribution >= 0.6 is 0 Å². The van der Waals surface area contributed by atoms with E-state index in [-0.39, 0.29) is 18.9 Å². The molecule has 0 saturated heterocycles. The van der Waals surface area contributed by atoms with Gasteiger partial charge in [0.15, 0.2) is 11.5 Å². The van der Waals surface area contributed by atoms with E-state index < -0.39 is 5.91 Å². The maximum atomic E-state index is 11.7. The van der Waals surface area contributed by atoms with E-state index in [4.69, 9.17) is 14.1 Å². The Labute approximate surface area is 110 Å². The Kier molecular flexibility index (Phi) is 4.66. The van der Waals surface area contributed by atoms with Gasteiger partial charge in [-0.25, -0.2) is 5.48 Å². The molecule has 0 atom stereocenters. The zero-order chi connectivity index (χ0) is 13.5. The van der Waals surface area contributed by atoms with Gasteiger partial charge in [-0.2, -0.15) is 0 Å². The van der Waals surface area contributed by atoms with Gasteiger partial charge in [0.05, 0.1) is 6.61 Å². The molecule has 6 heteroatoms. The smallest absolute Gasteiger partial charge is 0.297 e. The second kappa shape index (κ2) is 6.67. The summed E-state index contributed by atoms with van der Waals surface area (Å²) in [6.45, 7) is 0.556. The molecular weight excluding hydrogens is 248 g/mol. The first-order valence-corrected chi connectivity index (χ1v) is 5.70. The number of nitrogens with zero attached hydrogens (tertiary/aromatic N) is 1. The van der Waals surface area contributed by atoms with Crippen molar-refractivity contribution in [3.63, 3.8) is 0 Å². The van der Waals surface area contributed by atoms with Gasteiger partial charge in [0.1, 0.15) is 6.61 Å². The van der Waals surface area contributed by atoms with Crippen molar-refractivity contribution in [1.29, 1.82) is 0 Å². The summed E-state index contributed by atoms with van der Waals surface area (Å²) in [4.78, 5) is 16.7. The van der Waals surface area contributed by atoms with Gasteiger partial charge in [-0.1, -0.05) is 35.5 Å². The summed E-state index contributed by atoms with van der Waals surface area (Å²) in [6.07, 6.45) is 0. The summed E-state index contributed by atoms with van der Waals surface area (Å²) in [5.74, 6) is 0.0257. The fraction of sp³-hybridized carbons (Fsp3) is 0.231. The number of carbonyl (C=O) groups excluding carboxylic acids is 1. The van der Waals surface area contributed by atoms with Crippen molar-refractivity contribution in [3.8, 4) is 0 Å². The lowest BCUT2D eigenvalue weighted by Crippen LogP contribution is -2.23. The molecule has 1 heterocycles. The lowest BCUT2D eigenvalue weighted by Gasteiger charge is -2.03. The third-order valence-electron chi connectivity index (χ3n) is 2.32. The Bertz CT molecular complexity index is 524. The topological polar surface area (TPSA) is 73.6 Å². The van der Waals surface area contributed by atoms with E-state index in [1.807, 2.05) is 30.3 Å². The van der Waals surface area contributed by atoms with Crippen LogP contribution in [0.25, 0.3) is 0 Å². The molecule has 0 spiro atoms. The average molecular weight is 262 g/mol. The number of benzene rings is 1. The number of methoxy groups -OCH3 is 1. The molecule has 100 valence electrons. The summed E-state index contributed by atoms with van der Waals surface area (Å²) in [5.41, 5.74) is 3.41. The molecule has 1 aromatic heterocycles. The Balaban J connectivity index is 1.80. The number of rotatable bonds is 6. The average Bonchev–Trinajstić information content (AvgIpc) is 2.89. The van der Waals surface area contributed by atoms with Crippen molar-refractivity contribution < 1.29 is 18.9 Å². The summed E-state index contributed by atoms with van der Waals surface area (Å²) in [5, 5.41) is 3.61. The van der Waals surface area contributed by atoms with Crippen molar-refractivity contribution in [2.75, 3.05) is 7.11 Å². The van der Waals surface area contributed by atoms with Gasteiger partial charge >= 0.3 is 0 Å². The molecule has 0 fully saturated rings. The number of carbonyl (C=O) groups is 1. The molecule has 1 N–H and O–H groups in total. The zero-order valence-electron chi connectivity index (χ0n) is 10.5. The Morgan fingerprint density at radius 1 is 1.32 bits per heavy atom. The van der Waals surface area contributed by atoms with Crippen LogP contribution in [0.4, 0.5) is 0 Å². The van der Waals surface area contributed by atoms with Crippen LogP contribution in [0.2, 0.25) is 0 Å². The van der Waals surface area contributed by atoms with Crippen molar-refractivity contribution in [1.82, 2.24) is 10.6 Å². The Hall–Kier alpha value is -2.18. The number of amides is 1. The van der Waals surface area contributed by atoms with Gasteiger partial charge in [-0.05, 0) is 5.56 Å². The van der Waals surface area contributed by atoms with Crippen molar-refractivity contribution in [2.45, 2.75) is 13.2 Å². The van der Waals surface area contributed by atoms with E-state index >= 15 is 0 Å². The molecule has 1 amide bonds. The van der Waals surface area contributed by atoms with Crippen molar-refractivity contribution in [2.24, 2.45) is 0 Å². The second-order valence-electron chi connectivity index (χ2n) is 3.82. The first kappa shape index (κ1) is 13.3. The SMILES string of the molecule is COCc1cc(C(=O)NOCc2ccccc2)no1. The number of aromatic nitrogens is 1. The van der Waals surface area contributed by atoms with E-state index in [9.17, 15) is 4.79 Å². The molecule has 0 aliphatic carbocycles. The summed E-state index contributed by atoms with van der Waals surface area (Å²) in [7, 11) is 1.53. The molecule has 19 heavy (non-hydrogen) atoms. The molecule has 1 aromatic carbocycles. The fourth-order valence-corrected chi connectivity index (χ4v) is 1.44. The number of hydroxylamine groups is 1. The molecule has 0 unspecified atom stereocenters. The third kappa shape index (κ3) is 3.90. The maximum absolute atomic E-state index is 11.7. The quantitative estimate of drug-likeness (QED) is 0.802. The second-order valence-corrected chi connectivity index (χ2v) is 3.82. The predicted octanol–water partition coefficient (Wildman–Crippen LogP) is 1.68. The van der Waals surface area contributed by atoms with Gasteiger partial charge in [0.25, 0.3) is 5.91 Å². The monoisotopic (exact) mass is 262 g/mol. The largest absolute Gasteiger partial charge is 0.377 e. The van der Waals surface area contributed by atoms with Crippen LogP contribution in [0.3, 0.4) is 0 Å². The zero-order valence-corrected chi connectivity index (χ0v) is 10.5. The molecule has 0 bridgehead atoms. The summed E-state index contributed by atoms with van der Waals surface area (Å²) >= 11 is 0. The van der Waals surface area contributed by atoms with E-state index in [0.29, 0.717) is 5.76 Å². The summed E-state index contributed by atoms with van der Waals surface area (Å²) in [6, 6.07) is 11.0. The molecule has 2 rings (SSSR count). The van der Waals surface area contributed by atoms with Crippen molar-refractivity contribution in [3.05, 3.63) is 53.4 Å². The highest BCUT2D eigenvalue weighted by Gasteiger charge is 2.12. The highest BCUT2D eigenvalue weighted by Crippen LogP contribution is 2.05. The van der Waals surface area contributed by atoms with E-state index in [0.717, 1.165) is 5.56 Å². The van der Waals surface area contributed by atoms with Crippen LogP contribution in [0.15, 0.2) is 40.9 Å². The van der Waals surface area contributed by atoms with E-state index in [2.05, 4.69) is 10.6 Å². The summed E-state index contributed by atoms with van der Waals surface area (Å²) < 4.78 is 9.76. The van der Waals surface area contributed by atoms with Gasteiger partial charge in [-0.3, -0.25) is 9.63 Å². The van der Waals surface area contributed by atoms with Crippen LogP contribution in [0.1, 0.15) is 21.8 Å². The number of ether oxygens (including phenoxy) is 1. The molecule has 0 saturated carbocycles. The standard InChI is InChI=1S/C13H14N2O4/c1-17-9-11-7-12(14-19-11)13(16)15-18-8-10-5-3-2-4-6-10/h2-7H,8-9H2,1H3,(H,15,16). The molecule has 0 radical (unpaired) electrons. The van der Waals surface area contributed by atoms with Gasteiger partial charge in [0.2, 0.25) is 0 Å². The van der Waals surface area contributed by atoms with Gasteiger partial charge in [-0.15, -0.1) is 0 Å². The van der Waals surface area contributed by atoms with E-state index in [1.165, 1.54) is 13.2 Å². The normalized spacial score (nSPS) is 10.4. The van der Waals surface area contributed by atoms with Crippen molar-refractivity contribution >= 4 is 5.91 Å².